The Kier molecular flexibility index (Phi) is 3.39. The molecule has 0 aromatic heterocycles. The van der Waals surface area contributed by atoms with Crippen LogP contribution in [0.25, 0.3) is 0 Å². The van der Waals surface area contributed by atoms with Gasteiger partial charge in [-0.25, -0.2) is 4.90 Å². The summed E-state index contributed by atoms with van der Waals surface area (Å²) < 4.78 is 5.84. The van der Waals surface area contributed by atoms with Crippen LogP contribution in [0, 0.1) is 11.8 Å². The number of amides is 2. The summed E-state index contributed by atoms with van der Waals surface area (Å²) in [5, 5.41) is 8.36. The molecule has 2 fully saturated rings. The first-order valence-electron chi connectivity index (χ1n) is 8.89. The van der Waals surface area contributed by atoms with Crippen LogP contribution in [0.1, 0.15) is 6.92 Å². The van der Waals surface area contributed by atoms with Crippen molar-refractivity contribution in [3.05, 3.63) is 66.7 Å². The molecule has 2 saturated heterocycles. The molecule has 5 rings (SSSR count). The van der Waals surface area contributed by atoms with Crippen molar-refractivity contribution in [3.8, 4) is 0 Å². The zero-order chi connectivity index (χ0) is 18.6. The molecule has 0 radical (unpaired) electrons. The zero-order valence-corrected chi connectivity index (χ0v) is 14.6. The van der Waals surface area contributed by atoms with Gasteiger partial charge in [0.25, 0.3) is 0 Å². The number of nitrogens with zero attached hydrogens (tertiary/aromatic N) is 3. The Balaban J connectivity index is 1.39. The number of rotatable bonds is 3. The molecule has 2 aromatic rings. The van der Waals surface area contributed by atoms with Crippen LogP contribution in [-0.4, -0.2) is 23.5 Å². The number of anilines is 1. The van der Waals surface area contributed by atoms with Crippen molar-refractivity contribution in [1.29, 1.82) is 0 Å². The molecule has 3 aliphatic heterocycles. The lowest BCUT2D eigenvalue weighted by Gasteiger charge is -2.24. The second kappa shape index (κ2) is 5.69. The van der Waals surface area contributed by atoms with Crippen LogP contribution in [0.4, 0.5) is 17.1 Å². The van der Waals surface area contributed by atoms with E-state index in [2.05, 4.69) is 10.2 Å². The van der Waals surface area contributed by atoms with Crippen molar-refractivity contribution in [2.45, 2.75) is 18.6 Å². The molecule has 4 atom stereocenters. The maximum atomic E-state index is 12.9. The molecule has 27 heavy (non-hydrogen) atoms. The van der Waals surface area contributed by atoms with Gasteiger partial charge in [0.2, 0.25) is 11.8 Å². The molecule has 3 aliphatic rings. The van der Waals surface area contributed by atoms with E-state index < -0.39 is 17.4 Å². The topological polar surface area (TPSA) is 71.3 Å². The minimum absolute atomic E-state index is 0.193. The first-order valence-corrected chi connectivity index (χ1v) is 8.89. The molecule has 6 heteroatoms. The van der Waals surface area contributed by atoms with Gasteiger partial charge in [-0.05, 0) is 43.3 Å². The van der Waals surface area contributed by atoms with Crippen LogP contribution in [-0.2, 0) is 14.3 Å². The van der Waals surface area contributed by atoms with E-state index in [1.807, 2.05) is 49.4 Å². The molecule has 134 valence electrons. The van der Waals surface area contributed by atoms with Crippen molar-refractivity contribution in [3.63, 3.8) is 0 Å². The average Bonchev–Trinajstić information content (AvgIpc) is 3.30. The summed E-state index contributed by atoms with van der Waals surface area (Å²) >= 11 is 0. The van der Waals surface area contributed by atoms with E-state index in [4.69, 9.17) is 4.74 Å². The molecule has 2 bridgehead atoms. The van der Waals surface area contributed by atoms with Crippen molar-refractivity contribution in [2.24, 2.45) is 22.1 Å². The maximum Gasteiger partial charge on any atom is 0.241 e. The maximum absolute atomic E-state index is 12.9. The quantitative estimate of drug-likeness (QED) is 0.473. The number of carbonyl (C=O) groups excluding carboxylic acids is 2. The Labute approximate surface area is 156 Å². The number of carbonyl (C=O) groups is 2. The molecule has 0 spiro atoms. The van der Waals surface area contributed by atoms with Crippen molar-refractivity contribution < 1.29 is 14.3 Å². The van der Waals surface area contributed by atoms with Crippen LogP contribution in [0.15, 0.2) is 77.0 Å². The smallest absolute Gasteiger partial charge is 0.241 e. The van der Waals surface area contributed by atoms with Crippen LogP contribution in [0.2, 0.25) is 0 Å². The van der Waals surface area contributed by atoms with Gasteiger partial charge in [0.05, 0.1) is 40.6 Å². The van der Waals surface area contributed by atoms with Gasteiger partial charge in [0.1, 0.15) is 0 Å². The monoisotopic (exact) mass is 359 g/mol. The number of hydrogen-bond donors (Lipinski definition) is 0. The molecule has 2 aromatic carbocycles. The number of imide groups is 1. The van der Waals surface area contributed by atoms with Gasteiger partial charge in [-0.2, -0.15) is 10.2 Å². The second-order valence-electron chi connectivity index (χ2n) is 7.19. The molecule has 0 unspecified atom stereocenters. The summed E-state index contributed by atoms with van der Waals surface area (Å²) in [6.07, 6.45) is 3.49. The lowest BCUT2D eigenvalue weighted by Crippen LogP contribution is -2.38. The number of fused-ring (bicyclic) bond motifs is 5. The zero-order valence-electron chi connectivity index (χ0n) is 14.6. The average molecular weight is 359 g/mol. The van der Waals surface area contributed by atoms with Gasteiger partial charge in [-0.15, -0.1) is 0 Å². The highest BCUT2D eigenvalue weighted by Gasteiger charge is 2.65. The minimum Gasteiger partial charge on any atom is -0.362 e. The predicted octanol–water partition coefficient (Wildman–Crippen LogP) is 3.93. The fourth-order valence-corrected chi connectivity index (χ4v) is 4.19. The highest BCUT2D eigenvalue weighted by Crippen LogP contribution is 2.52. The highest BCUT2D eigenvalue weighted by molar-refractivity contribution is 6.23. The van der Waals surface area contributed by atoms with Gasteiger partial charge >= 0.3 is 0 Å². The largest absolute Gasteiger partial charge is 0.362 e. The molecule has 0 aliphatic carbocycles. The molecular weight excluding hydrogens is 342 g/mol. The molecule has 3 heterocycles. The normalized spacial score (nSPS) is 31.3. The number of hydrogen-bond acceptors (Lipinski definition) is 5. The molecule has 0 saturated carbocycles. The summed E-state index contributed by atoms with van der Waals surface area (Å²) in [7, 11) is 0. The SMILES string of the molecule is C[C@@]12C=C[C@@H](O1)[C@H]1C(=O)N(c3ccc(N=Nc4ccccc4)cc3)C(=O)[C@H]12. The van der Waals surface area contributed by atoms with E-state index in [0.717, 1.165) is 5.69 Å². The highest BCUT2D eigenvalue weighted by atomic mass is 16.5. The van der Waals surface area contributed by atoms with E-state index in [1.165, 1.54) is 4.90 Å². The van der Waals surface area contributed by atoms with E-state index in [1.54, 1.807) is 24.3 Å². The molecule has 2 amide bonds. The Morgan fingerprint density at radius 1 is 0.926 bits per heavy atom. The lowest BCUT2D eigenvalue weighted by atomic mass is 9.78. The standard InChI is InChI=1S/C21H17N3O3/c1-21-12-11-16(27-21)17-18(21)20(26)24(19(17)25)15-9-7-14(8-10-15)23-22-13-5-3-2-4-6-13/h2-12,16-18H,1H3/t16-,17-,18+,21+/m1/s1. The van der Waals surface area contributed by atoms with E-state index in [9.17, 15) is 9.59 Å². The molecule has 6 nitrogen and oxygen atoms in total. The van der Waals surface area contributed by atoms with E-state index in [0.29, 0.717) is 11.4 Å². The van der Waals surface area contributed by atoms with Crippen LogP contribution < -0.4 is 4.90 Å². The Bertz CT molecular complexity index is 983. The van der Waals surface area contributed by atoms with Gasteiger partial charge in [0, 0.05) is 0 Å². The number of ether oxygens (including phenoxy) is 1. The van der Waals surface area contributed by atoms with Gasteiger partial charge < -0.3 is 4.74 Å². The van der Waals surface area contributed by atoms with Gasteiger partial charge in [0.15, 0.2) is 0 Å². The van der Waals surface area contributed by atoms with Crippen LogP contribution in [0.3, 0.4) is 0 Å². The number of benzene rings is 2. The van der Waals surface area contributed by atoms with Gasteiger partial charge in [-0.3, -0.25) is 9.59 Å². The number of azo groups is 1. The fraction of sp³-hybridized carbons (Fsp3) is 0.238. The van der Waals surface area contributed by atoms with Gasteiger partial charge in [-0.1, -0.05) is 30.4 Å². The Morgan fingerprint density at radius 2 is 1.59 bits per heavy atom. The van der Waals surface area contributed by atoms with E-state index in [-0.39, 0.29) is 17.9 Å². The Hall–Kier alpha value is -3.12. The third-order valence-corrected chi connectivity index (χ3v) is 5.47. The fourth-order valence-electron chi connectivity index (χ4n) is 4.19. The lowest BCUT2D eigenvalue weighted by molar-refractivity contribution is -0.126. The van der Waals surface area contributed by atoms with Crippen molar-refractivity contribution >= 4 is 28.9 Å². The first-order chi connectivity index (χ1) is 13.1. The minimum atomic E-state index is -0.680. The summed E-state index contributed by atoms with van der Waals surface area (Å²) in [6.45, 7) is 1.87. The Morgan fingerprint density at radius 3 is 2.26 bits per heavy atom. The summed E-state index contributed by atoms with van der Waals surface area (Å²) in [6, 6.07) is 16.4. The van der Waals surface area contributed by atoms with Crippen LogP contribution >= 0.6 is 0 Å². The molecular formula is C21H17N3O3. The van der Waals surface area contributed by atoms with E-state index >= 15 is 0 Å². The molecule has 0 N–H and O–H groups in total. The predicted molar refractivity (Wildman–Crippen MR) is 99.0 cm³/mol. The first kappa shape index (κ1) is 16.1. The second-order valence-corrected chi connectivity index (χ2v) is 7.19. The summed E-state index contributed by atoms with van der Waals surface area (Å²) in [5.74, 6) is -1.26. The van der Waals surface area contributed by atoms with Crippen molar-refractivity contribution in [1.82, 2.24) is 0 Å². The third-order valence-electron chi connectivity index (χ3n) is 5.47. The summed E-state index contributed by atoms with van der Waals surface area (Å²) in [5.41, 5.74) is 1.29. The third kappa shape index (κ3) is 2.37. The van der Waals surface area contributed by atoms with Crippen LogP contribution in [0.5, 0.6) is 0 Å². The summed E-state index contributed by atoms with van der Waals surface area (Å²) in [4.78, 5) is 27.1. The van der Waals surface area contributed by atoms with Crippen molar-refractivity contribution in [2.75, 3.05) is 4.90 Å².